The summed E-state index contributed by atoms with van der Waals surface area (Å²) in [5, 5.41) is 0. The molecule has 0 aromatic heterocycles. The van der Waals surface area contributed by atoms with E-state index in [1.807, 2.05) is 38.1 Å². The lowest BCUT2D eigenvalue weighted by Crippen LogP contribution is -2.40. The van der Waals surface area contributed by atoms with Crippen LogP contribution in [-0.2, 0) is 15.6 Å². The van der Waals surface area contributed by atoms with Crippen LogP contribution in [0, 0.1) is 0 Å². The van der Waals surface area contributed by atoms with Crippen LogP contribution < -0.4 is 14.2 Å². The van der Waals surface area contributed by atoms with Crippen LogP contribution in [0.2, 0.25) is 0 Å². The number of ether oxygens (including phenoxy) is 2. The van der Waals surface area contributed by atoms with Crippen molar-refractivity contribution in [3.8, 4) is 11.5 Å². The van der Waals surface area contributed by atoms with Crippen molar-refractivity contribution in [3.05, 3.63) is 52.5 Å². The zero-order valence-corrected chi connectivity index (χ0v) is 15.8. The molecular weight excluding hydrogens is 394 g/mol. The average Bonchev–Trinajstić information content (AvgIpc) is 2.54. The minimum Gasteiger partial charge on any atom is -0.486 e. The zero-order chi connectivity index (χ0) is 17.4. The van der Waals surface area contributed by atoms with E-state index in [2.05, 4.69) is 20.7 Å². The first-order valence-corrected chi connectivity index (χ1v) is 9.75. The predicted molar refractivity (Wildman–Crippen MR) is 94.9 cm³/mol. The molecule has 0 unspecified atom stereocenters. The summed E-state index contributed by atoms with van der Waals surface area (Å²) in [4.78, 5) is 0.150. The summed E-state index contributed by atoms with van der Waals surface area (Å²) in [7, 11) is -3.71. The van der Waals surface area contributed by atoms with Gasteiger partial charge in [0.1, 0.15) is 13.2 Å². The molecule has 0 fully saturated rings. The SMILES string of the molecule is CC(C)(NS(=O)(=O)c1ccc2c(c1)OCCO2)c1ccc(Br)cc1. The molecule has 3 rings (SSSR count). The molecule has 0 atom stereocenters. The van der Waals surface area contributed by atoms with Gasteiger partial charge in [-0.1, -0.05) is 28.1 Å². The number of hydrogen-bond donors (Lipinski definition) is 1. The molecule has 1 N–H and O–H groups in total. The molecule has 2 aromatic rings. The van der Waals surface area contributed by atoms with Gasteiger partial charge in [0.15, 0.2) is 11.5 Å². The van der Waals surface area contributed by atoms with E-state index < -0.39 is 15.6 Å². The fourth-order valence-electron chi connectivity index (χ4n) is 2.51. The number of hydrogen-bond acceptors (Lipinski definition) is 4. The third kappa shape index (κ3) is 3.58. The second-order valence-electron chi connectivity index (χ2n) is 6.04. The summed E-state index contributed by atoms with van der Waals surface area (Å²) in [5.41, 5.74) is 0.110. The second kappa shape index (κ2) is 6.38. The monoisotopic (exact) mass is 411 g/mol. The molecule has 24 heavy (non-hydrogen) atoms. The quantitative estimate of drug-likeness (QED) is 0.836. The number of sulfonamides is 1. The van der Waals surface area contributed by atoms with Gasteiger partial charge in [0.25, 0.3) is 0 Å². The first-order valence-electron chi connectivity index (χ1n) is 7.48. The molecule has 0 amide bonds. The molecule has 0 radical (unpaired) electrons. The van der Waals surface area contributed by atoms with Crippen LogP contribution in [-0.4, -0.2) is 21.6 Å². The van der Waals surface area contributed by atoms with E-state index in [4.69, 9.17) is 9.47 Å². The molecule has 1 aliphatic rings. The molecule has 0 saturated heterocycles. The lowest BCUT2D eigenvalue weighted by molar-refractivity contribution is 0.171. The van der Waals surface area contributed by atoms with Crippen LogP contribution >= 0.6 is 15.9 Å². The molecule has 1 heterocycles. The Bertz CT molecular complexity index is 847. The molecule has 2 aromatic carbocycles. The largest absolute Gasteiger partial charge is 0.486 e. The topological polar surface area (TPSA) is 64.6 Å². The maximum atomic E-state index is 12.8. The fourth-order valence-corrected chi connectivity index (χ4v) is 4.19. The van der Waals surface area contributed by atoms with E-state index in [0.29, 0.717) is 24.7 Å². The Labute approximate surface area is 150 Å². The van der Waals surface area contributed by atoms with Gasteiger partial charge in [-0.3, -0.25) is 0 Å². The van der Waals surface area contributed by atoms with E-state index in [1.165, 1.54) is 12.1 Å². The van der Waals surface area contributed by atoms with E-state index in [0.717, 1.165) is 10.0 Å². The Morgan fingerprint density at radius 2 is 1.62 bits per heavy atom. The molecule has 5 nitrogen and oxygen atoms in total. The second-order valence-corrected chi connectivity index (χ2v) is 8.64. The van der Waals surface area contributed by atoms with Crippen molar-refractivity contribution in [2.24, 2.45) is 0 Å². The average molecular weight is 412 g/mol. The minimum absolute atomic E-state index is 0.150. The molecule has 0 aliphatic carbocycles. The molecule has 7 heteroatoms. The number of rotatable bonds is 4. The number of fused-ring (bicyclic) bond motifs is 1. The number of nitrogens with one attached hydrogen (secondary N) is 1. The summed E-state index contributed by atoms with van der Waals surface area (Å²) in [6, 6.07) is 12.2. The molecule has 0 bridgehead atoms. The first kappa shape index (κ1) is 17.3. The maximum Gasteiger partial charge on any atom is 0.241 e. The molecule has 0 saturated carbocycles. The van der Waals surface area contributed by atoms with Crippen molar-refractivity contribution in [2.45, 2.75) is 24.3 Å². The molecule has 0 spiro atoms. The van der Waals surface area contributed by atoms with Gasteiger partial charge in [-0.2, -0.15) is 0 Å². The van der Waals surface area contributed by atoms with Gasteiger partial charge in [-0.25, -0.2) is 13.1 Å². The third-order valence-corrected chi connectivity index (χ3v) is 5.96. The van der Waals surface area contributed by atoms with E-state index in [1.54, 1.807) is 6.07 Å². The van der Waals surface area contributed by atoms with Crippen molar-refractivity contribution in [1.29, 1.82) is 0 Å². The highest BCUT2D eigenvalue weighted by atomic mass is 79.9. The van der Waals surface area contributed by atoms with E-state index in [-0.39, 0.29) is 4.90 Å². The Morgan fingerprint density at radius 3 is 2.29 bits per heavy atom. The van der Waals surface area contributed by atoms with Crippen LogP contribution in [0.5, 0.6) is 11.5 Å². The van der Waals surface area contributed by atoms with Crippen molar-refractivity contribution < 1.29 is 17.9 Å². The Hall–Kier alpha value is -1.57. The lowest BCUT2D eigenvalue weighted by atomic mass is 9.96. The van der Waals surface area contributed by atoms with Gasteiger partial charge in [-0.15, -0.1) is 0 Å². The predicted octanol–water partition coefficient (Wildman–Crippen LogP) is 3.43. The van der Waals surface area contributed by atoms with Gasteiger partial charge >= 0.3 is 0 Å². The maximum absolute atomic E-state index is 12.8. The van der Waals surface area contributed by atoms with Crippen molar-refractivity contribution in [2.75, 3.05) is 13.2 Å². The highest BCUT2D eigenvalue weighted by molar-refractivity contribution is 9.10. The minimum atomic E-state index is -3.71. The van der Waals surface area contributed by atoms with Crippen molar-refractivity contribution in [1.82, 2.24) is 4.72 Å². The van der Waals surface area contributed by atoms with Crippen LogP contribution in [0.25, 0.3) is 0 Å². The molecular formula is C17H18BrNO4S. The molecule has 1 aliphatic heterocycles. The third-order valence-electron chi connectivity index (χ3n) is 3.78. The van der Waals surface area contributed by atoms with Gasteiger partial charge in [0, 0.05) is 10.5 Å². The number of benzene rings is 2. The summed E-state index contributed by atoms with van der Waals surface area (Å²) in [5.74, 6) is 1.01. The summed E-state index contributed by atoms with van der Waals surface area (Å²) >= 11 is 3.38. The standard InChI is InChI=1S/C17H18BrNO4S/c1-17(2,12-3-5-13(18)6-4-12)19-24(20,21)14-7-8-15-16(11-14)23-10-9-22-15/h3-8,11,19H,9-10H2,1-2H3. The fraction of sp³-hybridized carbons (Fsp3) is 0.294. The summed E-state index contributed by atoms with van der Waals surface area (Å²) < 4.78 is 40.1. The lowest BCUT2D eigenvalue weighted by Gasteiger charge is -2.27. The highest BCUT2D eigenvalue weighted by Crippen LogP contribution is 2.33. The summed E-state index contributed by atoms with van der Waals surface area (Å²) in [6.07, 6.45) is 0. The van der Waals surface area contributed by atoms with Crippen LogP contribution in [0.4, 0.5) is 0 Å². The first-order chi connectivity index (χ1) is 11.3. The normalized spacial score (nSPS) is 14.5. The van der Waals surface area contributed by atoms with E-state index >= 15 is 0 Å². The van der Waals surface area contributed by atoms with Gasteiger partial charge in [0.05, 0.1) is 10.4 Å². The zero-order valence-electron chi connectivity index (χ0n) is 13.4. The van der Waals surface area contributed by atoms with Gasteiger partial charge in [-0.05, 0) is 43.7 Å². The Morgan fingerprint density at radius 1 is 1.00 bits per heavy atom. The Kier molecular flexibility index (Phi) is 4.59. The van der Waals surface area contributed by atoms with Gasteiger partial charge in [0.2, 0.25) is 10.0 Å². The van der Waals surface area contributed by atoms with Gasteiger partial charge < -0.3 is 9.47 Å². The van der Waals surface area contributed by atoms with Crippen LogP contribution in [0.15, 0.2) is 51.8 Å². The van der Waals surface area contributed by atoms with Crippen LogP contribution in [0.1, 0.15) is 19.4 Å². The molecule has 128 valence electrons. The van der Waals surface area contributed by atoms with Crippen molar-refractivity contribution in [3.63, 3.8) is 0 Å². The van der Waals surface area contributed by atoms with Crippen LogP contribution in [0.3, 0.4) is 0 Å². The number of halogens is 1. The summed E-state index contributed by atoms with van der Waals surface area (Å²) in [6.45, 7) is 4.53. The smallest absolute Gasteiger partial charge is 0.241 e. The van der Waals surface area contributed by atoms with E-state index in [9.17, 15) is 8.42 Å². The highest BCUT2D eigenvalue weighted by Gasteiger charge is 2.29. The van der Waals surface area contributed by atoms with Crippen molar-refractivity contribution >= 4 is 26.0 Å². The Balaban J connectivity index is 1.89.